The molecular weight excluding hydrogens is 288 g/mol. The van der Waals surface area contributed by atoms with Crippen molar-refractivity contribution in [2.45, 2.75) is 49.1 Å². The normalized spacial score (nSPS) is 23.1. The van der Waals surface area contributed by atoms with Crippen LogP contribution in [0.2, 0.25) is 0 Å². The molecule has 0 unspecified atom stereocenters. The fourth-order valence-corrected chi connectivity index (χ4v) is 3.56. The third-order valence-corrected chi connectivity index (χ3v) is 5.22. The molecule has 0 heterocycles. The van der Waals surface area contributed by atoms with Gasteiger partial charge in [0.1, 0.15) is 0 Å². The molecular formula is C15H24N2O3S. The summed E-state index contributed by atoms with van der Waals surface area (Å²) in [6.45, 7) is 0.973. The maximum atomic E-state index is 12.0. The van der Waals surface area contributed by atoms with Gasteiger partial charge in [0.2, 0.25) is 10.0 Å². The average molecular weight is 312 g/mol. The van der Waals surface area contributed by atoms with Crippen molar-refractivity contribution >= 4 is 10.0 Å². The van der Waals surface area contributed by atoms with Gasteiger partial charge in [-0.25, -0.2) is 13.1 Å². The molecule has 1 aromatic carbocycles. The van der Waals surface area contributed by atoms with E-state index in [0.717, 1.165) is 25.7 Å². The van der Waals surface area contributed by atoms with E-state index in [0.29, 0.717) is 30.5 Å². The zero-order valence-corrected chi connectivity index (χ0v) is 13.0. The van der Waals surface area contributed by atoms with Crippen LogP contribution in [-0.2, 0) is 14.8 Å². The van der Waals surface area contributed by atoms with E-state index in [4.69, 9.17) is 10.5 Å². The number of nitrogens with one attached hydrogen (secondary N) is 1. The molecule has 3 N–H and O–H groups in total. The number of benzene rings is 1. The molecule has 1 aliphatic rings. The lowest BCUT2D eigenvalue weighted by molar-refractivity contribution is 0.0245. The maximum absolute atomic E-state index is 12.0. The second kappa shape index (κ2) is 7.89. The van der Waals surface area contributed by atoms with Crippen LogP contribution in [0.1, 0.15) is 32.1 Å². The van der Waals surface area contributed by atoms with Crippen molar-refractivity contribution in [2.75, 3.05) is 13.2 Å². The Hall–Kier alpha value is -0.950. The second-order valence-corrected chi connectivity index (χ2v) is 7.24. The summed E-state index contributed by atoms with van der Waals surface area (Å²) in [5.41, 5.74) is 5.84. The Balaban J connectivity index is 1.64. The van der Waals surface area contributed by atoms with E-state index in [9.17, 15) is 8.42 Å². The van der Waals surface area contributed by atoms with Gasteiger partial charge in [0, 0.05) is 19.2 Å². The molecule has 0 bridgehead atoms. The predicted octanol–water partition coefficient (Wildman–Crippen LogP) is 1.64. The molecule has 0 aliphatic heterocycles. The lowest BCUT2D eigenvalue weighted by Gasteiger charge is -2.26. The molecule has 1 saturated carbocycles. The largest absolute Gasteiger partial charge is 0.378 e. The summed E-state index contributed by atoms with van der Waals surface area (Å²) < 4.78 is 32.3. The highest BCUT2D eigenvalue weighted by atomic mass is 32.2. The van der Waals surface area contributed by atoms with Crippen LogP contribution in [-0.4, -0.2) is 33.7 Å². The molecule has 0 saturated heterocycles. The van der Waals surface area contributed by atoms with Crippen LogP contribution in [0.5, 0.6) is 0 Å². The van der Waals surface area contributed by atoms with E-state index < -0.39 is 10.0 Å². The van der Waals surface area contributed by atoms with Gasteiger partial charge in [-0.2, -0.15) is 0 Å². The molecule has 21 heavy (non-hydrogen) atoms. The van der Waals surface area contributed by atoms with Crippen molar-refractivity contribution in [3.63, 3.8) is 0 Å². The molecule has 5 nitrogen and oxygen atoms in total. The minimum absolute atomic E-state index is 0.288. The van der Waals surface area contributed by atoms with Crippen LogP contribution in [0, 0.1) is 0 Å². The highest BCUT2D eigenvalue weighted by molar-refractivity contribution is 7.89. The van der Waals surface area contributed by atoms with Crippen molar-refractivity contribution in [3.05, 3.63) is 30.3 Å². The van der Waals surface area contributed by atoms with E-state index >= 15 is 0 Å². The zero-order chi connectivity index (χ0) is 15.1. The SMILES string of the molecule is NC1CCC(OCCCNS(=O)(=O)c2ccccc2)CC1. The highest BCUT2D eigenvalue weighted by Gasteiger charge is 2.18. The summed E-state index contributed by atoms with van der Waals surface area (Å²) in [7, 11) is -3.39. The molecule has 1 aliphatic carbocycles. The van der Waals surface area contributed by atoms with E-state index in [2.05, 4.69) is 4.72 Å². The first kappa shape index (κ1) is 16.4. The number of nitrogens with two attached hydrogens (primary N) is 1. The van der Waals surface area contributed by atoms with Crippen molar-refractivity contribution in [3.8, 4) is 0 Å². The van der Waals surface area contributed by atoms with Gasteiger partial charge in [-0.05, 0) is 44.2 Å². The van der Waals surface area contributed by atoms with Crippen molar-refractivity contribution in [2.24, 2.45) is 5.73 Å². The Morgan fingerprint density at radius 3 is 2.48 bits per heavy atom. The second-order valence-electron chi connectivity index (χ2n) is 5.47. The molecule has 0 spiro atoms. The Kier molecular flexibility index (Phi) is 6.17. The van der Waals surface area contributed by atoms with Crippen molar-refractivity contribution in [1.29, 1.82) is 0 Å². The standard InChI is InChI=1S/C15H24N2O3S/c16-13-7-9-14(10-8-13)20-12-4-11-17-21(18,19)15-5-2-1-3-6-15/h1-3,5-6,13-14,17H,4,7-12,16H2. The third-order valence-electron chi connectivity index (χ3n) is 3.74. The van der Waals surface area contributed by atoms with Gasteiger partial charge in [-0.15, -0.1) is 0 Å². The molecule has 0 aromatic heterocycles. The number of ether oxygens (including phenoxy) is 1. The molecule has 118 valence electrons. The number of rotatable bonds is 7. The Bertz CT molecular complexity index is 511. The summed E-state index contributed by atoms with van der Waals surface area (Å²) in [4.78, 5) is 0.298. The smallest absolute Gasteiger partial charge is 0.240 e. The van der Waals surface area contributed by atoms with Gasteiger partial charge >= 0.3 is 0 Å². The first-order valence-corrected chi connectivity index (χ1v) is 8.98. The summed E-state index contributed by atoms with van der Waals surface area (Å²) in [5.74, 6) is 0. The Morgan fingerprint density at radius 1 is 1.14 bits per heavy atom. The van der Waals surface area contributed by atoms with Crippen LogP contribution in [0.25, 0.3) is 0 Å². The minimum Gasteiger partial charge on any atom is -0.378 e. The first-order chi connectivity index (χ1) is 10.1. The van der Waals surface area contributed by atoms with E-state index in [1.165, 1.54) is 0 Å². The van der Waals surface area contributed by atoms with E-state index in [-0.39, 0.29) is 6.10 Å². The quantitative estimate of drug-likeness (QED) is 0.750. The molecule has 2 rings (SSSR count). The van der Waals surface area contributed by atoms with Crippen molar-refractivity contribution < 1.29 is 13.2 Å². The predicted molar refractivity (Wildman–Crippen MR) is 82.4 cm³/mol. The van der Waals surface area contributed by atoms with Crippen LogP contribution in [0.3, 0.4) is 0 Å². The number of hydrogen-bond donors (Lipinski definition) is 2. The minimum atomic E-state index is -3.39. The summed E-state index contributed by atoms with van der Waals surface area (Å²) in [5, 5.41) is 0. The van der Waals surface area contributed by atoms with Gasteiger partial charge in [-0.3, -0.25) is 0 Å². The topological polar surface area (TPSA) is 81.4 Å². The summed E-state index contributed by atoms with van der Waals surface area (Å²) in [6.07, 6.45) is 5.02. The molecule has 0 radical (unpaired) electrons. The van der Waals surface area contributed by atoms with E-state index in [1.54, 1.807) is 30.3 Å². The molecule has 1 fully saturated rings. The van der Waals surface area contributed by atoms with Crippen molar-refractivity contribution in [1.82, 2.24) is 4.72 Å². The van der Waals surface area contributed by atoms with Crippen LogP contribution in [0.15, 0.2) is 35.2 Å². The van der Waals surface area contributed by atoms with Gasteiger partial charge < -0.3 is 10.5 Å². The van der Waals surface area contributed by atoms with E-state index in [1.807, 2.05) is 0 Å². The lowest BCUT2D eigenvalue weighted by Crippen LogP contribution is -2.31. The fraction of sp³-hybridized carbons (Fsp3) is 0.600. The lowest BCUT2D eigenvalue weighted by atomic mass is 9.94. The molecule has 6 heteroatoms. The number of hydrogen-bond acceptors (Lipinski definition) is 4. The maximum Gasteiger partial charge on any atom is 0.240 e. The first-order valence-electron chi connectivity index (χ1n) is 7.50. The highest BCUT2D eigenvalue weighted by Crippen LogP contribution is 2.19. The fourth-order valence-electron chi connectivity index (χ4n) is 2.47. The molecule has 1 aromatic rings. The molecule has 0 amide bonds. The van der Waals surface area contributed by atoms with Gasteiger partial charge in [0.15, 0.2) is 0 Å². The Morgan fingerprint density at radius 2 is 1.81 bits per heavy atom. The third kappa shape index (κ3) is 5.39. The van der Waals surface area contributed by atoms with Crippen LogP contribution >= 0.6 is 0 Å². The monoisotopic (exact) mass is 312 g/mol. The average Bonchev–Trinajstić information content (AvgIpc) is 2.50. The van der Waals surface area contributed by atoms with Gasteiger partial charge in [-0.1, -0.05) is 18.2 Å². The van der Waals surface area contributed by atoms with Crippen LogP contribution < -0.4 is 10.5 Å². The molecule has 0 atom stereocenters. The van der Waals surface area contributed by atoms with Crippen LogP contribution in [0.4, 0.5) is 0 Å². The number of sulfonamides is 1. The van der Waals surface area contributed by atoms with Gasteiger partial charge in [0.05, 0.1) is 11.0 Å². The summed E-state index contributed by atoms with van der Waals surface area (Å²) in [6, 6.07) is 8.72. The Labute approximate surface area is 126 Å². The van der Waals surface area contributed by atoms with Gasteiger partial charge in [0.25, 0.3) is 0 Å². The zero-order valence-electron chi connectivity index (χ0n) is 12.2. The summed E-state index contributed by atoms with van der Waals surface area (Å²) >= 11 is 0.